The topological polar surface area (TPSA) is 81.7 Å². The molecule has 0 bridgehead atoms. The van der Waals surface area contributed by atoms with Crippen molar-refractivity contribution in [2.24, 2.45) is 0 Å². The molecule has 0 radical (unpaired) electrons. The van der Waals surface area contributed by atoms with Crippen LogP contribution in [0.1, 0.15) is 12.0 Å². The number of hydrogen-bond acceptors (Lipinski definition) is 3. The van der Waals surface area contributed by atoms with E-state index in [9.17, 15) is 27.9 Å². The molecular weight excluding hydrogens is 327 g/mol. The van der Waals surface area contributed by atoms with E-state index in [-0.39, 0.29) is 31.9 Å². The molecule has 132 valence electrons. The number of nitrogens with one attached hydrogen (secondary N) is 2. The fourth-order valence-corrected chi connectivity index (χ4v) is 2.32. The number of alkyl halides is 2. The van der Waals surface area contributed by atoms with Crippen LogP contribution in [-0.2, 0) is 11.3 Å². The summed E-state index contributed by atoms with van der Waals surface area (Å²) < 4.78 is 38.1. The maximum absolute atomic E-state index is 12.7. The smallest absolute Gasteiger partial charge is 0.315 e. The first-order chi connectivity index (χ1) is 11.3. The van der Waals surface area contributed by atoms with Crippen molar-refractivity contribution in [3.63, 3.8) is 0 Å². The van der Waals surface area contributed by atoms with Crippen LogP contribution in [0.25, 0.3) is 0 Å². The van der Waals surface area contributed by atoms with Gasteiger partial charge >= 0.3 is 6.03 Å². The van der Waals surface area contributed by atoms with Crippen LogP contribution in [0.2, 0.25) is 0 Å². The molecule has 1 saturated heterocycles. The largest absolute Gasteiger partial charge is 0.382 e. The molecule has 1 unspecified atom stereocenters. The van der Waals surface area contributed by atoms with Gasteiger partial charge in [-0.3, -0.25) is 4.79 Å². The van der Waals surface area contributed by atoms with Crippen LogP contribution >= 0.6 is 0 Å². The standard InChI is InChI=1S/C15H18F3N3O3/c16-11-3-1-10(2-4-11)7-19-14(23)20-8-12(22)21-6-5-15(24,9-21)13(17)18/h1-4,13,24H,5-9H2,(H2,19,20,23). The third-order valence-corrected chi connectivity index (χ3v) is 3.80. The van der Waals surface area contributed by atoms with Gasteiger partial charge in [0.1, 0.15) is 11.4 Å². The lowest BCUT2D eigenvalue weighted by Gasteiger charge is -2.22. The van der Waals surface area contributed by atoms with Crippen molar-refractivity contribution >= 4 is 11.9 Å². The number of carbonyl (C=O) groups is 2. The number of hydrogen-bond donors (Lipinski definition) is 3. The van der Waals surface area contributed by atoms with E-state index < -0.39 is 30.5 Å². The Morgan fingerprint density at radius 2 is 1.92 bits per heavy atom. The second-order valence-electron chi connectivity index (χ2n) is 5.63. The number of β-amino-alcohol motifs (C(OH)–C–C–N with tert-alkyl or cyclic N) is 1. The van der Waals surface area contributed by atoms with Crippen LogP contribution in [0.4, 0.5) is 18.0 Å². The molecule has 0 aromatic heterocycles. The van der Waals surface area contributed by atoms with Gasteiger partial charge in [0.25, 0.3) is 6.43 Å². The molecule has 9 heteroatoms. The van der Waals surface area contributed by atoms with Crippen LogP contribution in [0.15, 0.2) is 24.3 Å². The van der Waals surface area contributed by atoms with Gasteiger partial charge in [0.05, 0.1) is 13.1 Å². The molecular formula is C15H18F3N3O3. The van der Waals surface area contributed by atoms with Crippen molar-refractivity contribution in [3.8, 4) is 0 Å². The van der Waals surface area contributed by atoms with E-state index in [1.165, 1.54) is 24.3 Å². The van der Waals surface area contributed by atoms with Crippen LogP contribution in [0.5, 0.6) is 0 Å². The SMILES string of the molecule is O=C(NCC(=O)N1CCC(O)(C(F)F)C1)NCc1ccc(F)cc1. The maximum atomic E-state index is 12.7. The van der Waals surface area contributed by atoms with Crippen molar-refractivity contribution in [1.82, 2.24) is 15.5 Å². The fourth-order valence-electron chi connectivity index (χ4n) is 2.32. The number of amides is 3. The van der Waals surface area contributed by atoms with E-state index in [0.29, 0.717) is 5.56 Å². The summed E-state index contributed by atoms with van der Waals surface area (Å²) in [6.07, 6.45) is -3.13. The lowest BCUT2D eigenvalue weighted by molar-refractivity contribution is -0.132. The van der Waals surface area contributed by atoms with E-state index in [1.54, 1.807) is 0 Å². The average Bonchev–Trinajstić information content (AvgIpc) is 2.96. The summed E-state index contributed by atoms with van der Waals surface area (Å²) in [5, 5.41) is 14.4. The Bertz CT molecular complexity index is 597. The van der Waals surface area contributed by atoms with E-state index in [4.69, 9.17) is 0 Å². The van der Waals surface area contributed by atoms with E-state index in [0.717, 1.165) is 4.90 Å². The number of benzene rings is 1. The summed E-state index contributed by atoms with van der Waals surface area (Å²) in [6.45, 7) is -0.662. The molecule has 3 N–H and O–H groups in total. The molecule has 0 spiro atoms. The van der Waals surface area contributed by atoms with Gasteiger partial charge in [0.15, 0.2) is 0 Å². The number of halogens is 3. The Morgan fingerprint density at radius 1 is 1.25 bits per heavy atom. The first-order valence-corrected chi connectivity index (χ1v) is 7.34. The van der Waals surface area contributed by atoms with Gasteiger partial charge in [-0.1, -0.05) is 12.1 Å². The Balaban J connectivity index is 1.72. The van der Waals surface area contributed by atoms with Crippen LogP contribution in [-0.4, -0.2) is 53.6 Å². The van der Waals surface area contributed by atoms with Gasteiger partial charge in [0.2, 0.25) is 5.91 Å². The highest BCUT2D eigenvalue weighted by atomic mass is 19.3. The fraction of sp³-hybridized carbons (Fsp3) is 0.467. The van der Waals surface area contributed by atoms with Gasteiger partial charge in [-0.25, -0.2) is 18.0 Å². The lowest BCUT2D eigenvalue weighted by atomic mass is 10.1. The van der Waals surface area contributed by atoms with Crippen molar-refractivity contribution in [1.29, 1.82) is 0 Å². The molecule has 1 aromatic carbocycles. The van der Waals surface area contributed by atoms with Crippen LogP contribution in [0.3, 0.4) is 0 Å². The Morgan fingerprint density at radius 3 is 2.50 bits per heavy atom. The maximum Gasteiger partial charge on any atom is 0.315 e. The van der Waals surface area contributed by atoms with E-state index >= 15 is 0 Å². The average molecular weight is 345 g/mol. The first kappa shape index (κ1) is 18.1. The predicted octanol–water partition coefficient (Wildman–Crippen LogP) is 0.853. The number of likely N-dealkylation sites (tertiary alicyclic amines) is 1. The molecule has 6 nitrogen and oxygen atoms in total. The van der Waals surface area contributed by atoms with Gasteiger partial charge < -0.3 is 20.6 Å². The molecule has 3 amide bonds. The predicted molar refractivity (Wildman–Crippen MR) is 78.8 cm³/mol. The minimum Gasteiger partial charge on any atom is -0.382 e. The van der Waals surface area contributed by atoms with Crippen molar-refractivity contribution in [3.05, 3.63) is 35.6 Å². The minimum absolute atomic E-state index is 0.0125. The summed E-state index contributed by atoms with van der Waals surface area (Å²) in [7, 11) is 0. The molecule has 1 atom stereocenters. The monoisotopic (exact) mass is 345 g/mol. The summed E-state index contributed by atoms with van der Waals surface area (Å²) >= 11 is 0. The van der Waals surface area contributed by atoms with Gasteiger partial charge in [-0.2, -0.15) is 0 Å². The number of carbonyl (C=O) groups excluding carboxylic acids is 2. The van der Waals surface area contributed by atoms with Crippen LogP contribution in [0, 0.1) is 5.82 Å². The number of nitrogens with zero attached hydrogens (tertiary/aromatic N) is 1. The van der Waals surface area contributed by atoms with Crippen molar-refractivity contribution < 1.29 is 27.9 Å². The molecule has 1 heterocycles. The second kappa shape index (κ2) is 7.52. The highest BCUT2D eigenvalue weighted by Crippen LogP contribution is 2.27. The zero-order chi connectivity index (χ0) is 17.7. The van der Waals surface area contributed by atoms with Crippen molar-refractivity contribution in [2.75, 3.05) is 19.6 Å². The summed E-state index contributed by atoms with van der Waals surface area (Å²) in [4.78, 5) is 24.5. The zero-order valence-electron chi connectivity index (χ0n) is 12.8. The molecule has 0 aliphatic carbocycles. The molecule has 1 aliphatic heterocycles. The van der Waals surface area contributed by atoms with Gasteiger partial charge in [0, 0.05) is 19.5 Å². The normalized spacial score (nSPS) is 20.3. The molecule has 1 aliphatic rings. The zero-order valence-corrected chi connectivity index (χ0v) is 12.8. The summed E-state index contributed by atoms with van der Waals surface area (Å²) in [5.41, 5.74) is -1.50. The quantitative estimate of drug-likeness (QED) is 0.740. The molecule has 1 fully saturated rings. The first-order valence-electron chi connectivity index (χ1n) is 7.34. The lowest BCUT2D eigenvalue weighted by Crippen LogP contribution is -2.45. The highest BCUT2D eigenvalue weighted by molar-refractivity contribution is 5.84. The summed E-state index contributed by atoms with van der Waals surface area (Å²) in [5.74, 6) is -0.938. The molecule has 24 heavy (non-hydrogen) atoms. The molecule has 0 saturated carbocycles. The van der Waals surface area contributed by atoms with Crippen molar-refractivity contribution in [2.45, 2.75) is 25.0 Å². The summed E-state index contributed by atoms with van der Waals surface area (Å²) in [6, 6.07) is 4.93. The number of rotatable bonds is 5. The minimum atomic E-state index is -2.93. The Kier molecular flexibility index (Phi) is 5.66. The van der Waals surface area contributed by atoms with Gasteiger partial charge in [-0.05, 0) is 17.7 Å². The Labute approximate surface area is 136 Å². The van der Waals surface area contributed by atoms with Crippen LogP contribution < -0.4 is 10.6 Å². The highest BCUT2D eigenvalue weighted by Gasteiger charge is 2.45. The molecule has 2 rings (SSSR count). The Hall–Kier alpha value is -2.29. The second-order valence-corrected chi connectivity index (χ2v) is 5.63. The third kappa shape index (κ3) is 4.60. The number of urea groups is 1. The van der Waals surface area contributed by atoms with E-state index in [2.05, 4.69) is 10.6 Å². The third-order valence-electron chi connectivity index (χ3n) is 3.80. The van der Waals surface area contributed by atoms with Gasteiger partial charge in [-0.15, -0.1) is 0 Å². The molecule has 1 aromatic rings. The number of aliphatic hydroxyl groups is 1. The van der Waals surface area contributed by atoms with E-state index in [1.807, 2.05) is 0 Å².